The van der Waals surface area contributed by atoms with Gasteiger partial charge in [0.25, 0.3) is 0 Å². The van der Waals surface area contributed by atoms with Crippen LogP contribution in [0.5, 0.6) is 0 Å². The highest BCUT2D eigenvalue weighted by Gasteiger charge is 2.29. The molecule has 0 aliphatic rings. The van der Waals surface area contributed by atoms with Gasteiger partial charge in [-0.25, -0.2) is 0 Å². The van der Waals surface area contributed by atoms with Crippen LogP contribution >= 0.6 is 0 Å². The van der Waals surface area contributed by atoms with Crippen molar-refractivity contribution in [2.75, 3.05) is 26.3 Å². The van der Waals surface area contributed by atoms with Crippen LogP contribution in [0.1, 0.15) is 67.2 Å². The van der Waals surface area contributed by atoms with Gasteiger partial charge in [-0.2, -0.15) is 0 Å². The van der Waals surface area contributed by atoms with Gasteiger partial charge in [0.2, 0.25) is 18.2 Å². The van der Waals surface area contributed by atoms with Gasteiger partial charge in [-0.3, -0.25) is 14.4 Å². The molecule has 0 unspecified atom stereocenters. The Hall–Kier alpha value is -1.63. The monoisotopic (exact) mass is 385 g/mol. The predicted molar refractivity (Wildman–Crippen MR) is 107 cm³/mol. The minimum Gasteiger partial charge on any atom is -0.380 e. The van der Waals surface area contributed by atoms with Crippen molar-refractivity contribution in [2.45, 2.75) is 73.3 Å². The molecule has 158 valence electrons. The SMILES string of the molecule is C[C@H](CCC(=O)NCCCCNC=O)NC(=O)C(C)(C)COCC(C)(C)C. The highest BCUT2D eigenvalue weighted by Crippen LogP contribution is 2.19. The summed E-state index contributed by atoms with van der Waals surface area (Å²) in [6.07, 6.45) is 3.28. The molecule has 0 fully saturated rings. The molecule has 7 heteroatoms. The van der Waals surface area contributed by atoms with Crippen LogP contribution in [0.25, 0.3) is 0 Å². The lowest BCUT2D eigenvalue weighted by molar-refractivity contribution is -0.134. The fraction of sp³-hybridized carbons (Fsp3) is 0.850. The topological polar surface area (TPSA) is 96.5 Å². The summed E-state index contributed by atoms with van der Waals surface area (Å²) < 4.78 is 5.69. The molecule has 0 bridgehead atoms. The Morgan fingerprint density at radius 1 is 1.04 bits per heavy atom. The molecule has 0 radical (unpaired) electrons. The lowest BCUT2D eigenvalue weighted by atomic mass is 9.92. The van der Waals surface area contributed by atoms with Crippen molar-refractivity contribution in [3.05, 3.63) is 0 Å². The van der Waals surface area contributed by atoms with Crippen LogP contribution in [0.2, 0.25) is 0 Å². The van der Waals surface area contributed by atoms with Crippen molar-refractivity contribution < 1.29 is 19.1 Å². The van der Waals surface area contributed by atoms with Crippen molar-refractivity contribution in [2.24, 2.45) is 10.8 Å². The van der Waals surface area contributed by atoms with E-state index in [1.807, 2.05) is 20.8 Å². The lowest BCUT2D eigenvalue weighted by Crippen LogP contribution is -2.44. The fourth-order valence-corrected chi connectivity index (χ4v) is 2.24. The first kappa shape index (κ1) is 25.4. The van der Waals surface area contributed by atoms with Gasteiger partial charge in [0.15, 0.2) is 0 Å². The lowest BCUT2D eigenvalue weighted by Gasteiger charge is -2.27. The number of amides is 3. The zero-order valence-corrected chi connectivity index (χ0v) is 17.9. The standard InChI is InChI=1S/C20H39N3O4/c1-16(9-10-17(25)22-12-8-7-11-21-15-24)23-18(26)20(5,6)14-27-13-19(2,3)4/h15-16H,7-14H2,1-6H3,(H,21,24)(H,22,25)(H,23,26)/t16-/m1/s1. The summed E-state index contributed by atoms with van der Waals surface area (Å²) in [6, 6.07) is -0.0815. The van der Waals surface area contributed by atoms with Crippen LogP contribution in [0.15, 0.2) is 0 Å². The molecule has 0 rings (SSSR count). The highest BCUT2D eigenvalue weighted by molar-refractivity contribution is 5.82. The second-order valence-electron chi connectivity index (χ2n) is 8.98. The van der Waals surface area contributed by atoms with Gasteiger partial charge in [-0.15, -0.1) is 0 Å². The molecule has 3 N–H and O–H groups in total. The van der Waals surface area contributed by atoms with E-state index in [0.717, 1.165) is 12.8 Å². The van der Waals surface area contributed by atoms with Gasteiger partial charge >= 0.3 is 0 Å². The number of carbonyl (C=O) groups excluding carboxylic acids is 3. The Bertz CT molecular complexity index is 459. The molecule has 1 atom stereocenters. The van der Waals surface area contributed by atoms with E-state index in [9.17, 15) is 14.4 Å². The van der Waals surface area contributed by atoms with Crippen molar-refractivity contribution in [1.82, 2.24) is 16.0 Å². The zero-order valence-electron chi connectivity index (χ0n) is 17.9. The number of nitrogens with one attached hydrogen (secondary N) is 3. The number of carbonyl (C=O) groups is 3. The van der Waals surface area contributed by atoms with E-state index in [0.29, 0.717) is 45.6 Å². The van der Waals surface area contributed by atoms with Crippen LogP contribution in [0.3, 0.4) is 0 Å². The van der Waals surface area contributed by atoms with E-state index in [2.05, 4.69) is 36.7 Å². The zero-order chi connectivity index (χ0) is 20.9. The average Bonchev–Trinajstić information content (AvgIpc) is 2.54. The summed E-state index contributed by atoms with van der Waals surface area (Å²) in [5, 5.41) is 8.41. The third-order valence-electron chi connectivity index (χ3n) is 3.95. The van der Waals surface area contributed by atoms with Gasteiger partial charge in [-0.05, 0) is 45.4 Å². The number of ether oxygens (including phenoxy) is 1. The maximum atomic E-state index is 12.5. The Kier molecular flexibility index (Phi) is 11.9. The number of unbranched alkanes of at least 4 members (excludes halogenated alkanes) is 1. The van der Waals surface area contributed by atoms with Crippen LogP contribution in [-0.4, -0.2) is 50.6 Å². The van der Waals surface area contributed by atoms with E-state index >= 15 is 0 Å². The third kappa shape index (κ3) is 14.1. The molecule has 0 heterocycles. The van der Waals surface area contributed by atoms with Crippen molar-refractivity contribution >= 4 is 18.2 Å². The molecular weight excluding hydrogens is 346 g/mol. The summed E-state index contributed by atoms with van der Waals surface area (Å²) in [5.41, 5.74) is -0.546. The smallest absolute Gasteiger partial charge is 0.228 e. The molecule has 7 nitrogen and oxygen atoms in total. The minimum atomic E-state index is -0.614. The quantitative estimate of drug-likeness (QED) is 0.315. The Balaban J connectivity index is 4.00. The van der Waals surface area contributed by atoms with E-state index in [4.69, 9.17) is 4.74 Å². The van der Waals surface area contributed by atoms with Crippen LogP contribution < -0.4 is 16.0 Å². The number of hydrogen-bond acceptors (Lipinski definition) is 4. The number of hydrogen-bond donors (Lipinski definition) is 3. The summed E-state index contributed by atoms with van der Waals surface area (Å²) in [6.45, 7) is 14.1. The maximum Gasteiger partial charge on any atom is 0.228 e. The van der Waals surface area contributed by atoms with E-state index in [1.165, 1.54) is 0 Å². The second kappa shape index (κ2) is 12.7. The van der Waals surface area contributed by atoms with Gasteiger partial charge in [0, 0.05) is 25.6 Å². The molecule has 0 saturated carbocycles. The Morgan fingerprint density at radius 2 is 1.67 bits per heavy atom. The van der Waals surface area contributed by atoms with Crippen molar-refractivity contribution in [3.8, 4) is 0 Å². The van der Waals surface area contributed by atoms with Crippen LogP contribution in [-0.2, 0) is 19.1 Å². The second-order valence-corrected chi connectivity index (χ2v) is 8.98. The van der Waals surface area contributed by atoms with Crippen LogP contribution in [0.4, 0.5) is 0 Å². The first-order chi connectivity index (χ1) is 12.5. The summed E-state index contributed by atoms with van der Waals surface area (Å²) >= 11 is 0. The van der Waals surface area contributed by atoms with Gasteiger partial charge < -0.3 is 20.7 Å². The van der Waals surface area contributed by atoms with E-state index < -0.39 is 5.41 Å². The third-order valence-corrected chi connectivity index (χ3v) is 3.95. The van der Waals surface area contributed by atoms with Crippen molar-refractivity contribution in [3.63, 3.8) is 0 Å². The molecule has 27 heavy (non-hydrogen) atoms. The van der Waals surface area contributed by atoms with Crippen LogP contribution in [0, 0.1) is 10.8 Å². The molecule has 0 aromatic carbocycles. The molecule has 3 amide bonds. The highest BCUT2D eigenvalue weighted by atomic mass is 16.5. The molecule has 0 aromatic rings. The first-order valence-corrected chi connectivity index (χ1v) is 9.80. The first-order valence-electron chi connectivity index (χ1n) is 9.80. The summed E-state index contributed by atoms with van der Waals surface area (Å²) in [5.74, 6) is -0.0841. The Labute approximate surface area is 164 Å². The summed E-state index contributed by atoms with van der Waals surface area (Å²) in [7, 11) is 0. The molecule has 0 aliphatic carbocycles. The Morgan fingerprint density at radius 3 is 2.26 bits per heavy atom. The normalized spacial score (nSPS) is 13.0. The maximum absolute atomic E-state index is 12.5. The molecule has 0 aromatic heterocycles. The minimum absolute atomic E-state index is 0.0211. The van der Waals surface area contributed by atoms with Gasteiger partial charge in [-0.1, -0.05) is 20.8 Å². The average molecular weight is 386 g/mol. The largest absolute Gasteiger partial charge is 0.380 e. The molecular formula is C20H39N3O4. The fourth-order valence-electron chi connectivity index (χ4n) is 2.24. The van der Waals surface area contributed by atoms with E-state index in [-0.39, 0.29) is 23.3 Å². The van der Waals surface area contributed by atoms with Gasteiger partial charge in [0.05, 0.1) is 18.6 Å². The predicted octanol–water partition coefficient (Wildman–Crippen LogP) is 2.00. The van der Waals surface area contributed by atoms with E-state index in [1.54, 1.807) is 0 Å². The summed E-state index contributed by atoms with van der Waals surface area (Å²) in [4.78, 5) is 34.4. The molecule has 0 spiro atoms. The number of rotatable bonds is 14. The molecule has 0 saturated heterocycles. The van der Waals surface area contributed by atoms with Gasteiger partial charge in [0.1, 0.15) is 0 Å². The van der Waals surface area contributed by atoms with Crippen molar-refractivity contribution in [1.29, 1.82) is 0 Å². The molecule has 0 aliphatic heterocycles.